The van der Waals surface area contributed by atoms with Crippen molar-refractivity contribution in [2.75, 3.05) is 26.1 Å². The fourth-order valence-electron chi connectivity index (χ4n) is 2.16. The monoisotopic (exact) mass is 328 g/mol. The Hall–Kier alpha value is -3.29. The molecule has 0 saturated heterocycles. The number of benzene rings is 1. The summed E-state index contributed by atoms with van der Waals surface area (Å²) >= 11 is 0. The molecule has 0 unspecified atom stereocenters. The lowest BCUT2D eigenvalue weighted by atomic mass is 10.2. The van der Waals surface area contributed by atoms with E-state index in [1.807, 2.05) is 12.1 Å². The van der Waals surface area contributed by atoms with E-state index in [4.69, 9.17) is 14.2 Å². The van der Waals surface area contributed by atoms with Gasteiger partial charge in [-0.3, -0.25) is 9.20 Å². The zero-order valence-electron chi connectivity index (χ0n) is 13.2. The molecule has 1 N–H and O–H groups in total. The highest BCUT2D eigenvalue weighted by Crippen LogP contribution is 2.29. The van der Waals surface area contributed by atoms with Gasteiger partial charge in [-0.1, -0.05) is 11.2 Å². The Labute approximate surface area is 138 Å². The number of carbonyl (C=O) groups excluding carboxylic acids is 1. The van der Waals surface area contributed by atoms with Crippen molar-refractivity contribution in [3.8, 4) is 17.5 Å². The number of methoxy groups -OCH3 is 2. The number of carbonyl (C=O) groups is 1. The van der Waals surface area contributed by atoms with E-state index in [0.29, 0.717) is 22.8 Å². The summed E-state index contributed by atoms with van der Waals surface area (Å²) in [5.41, 5.74) is 1.22. The van der Waals surface area contributed by atoms with Crippen LogP contribution in [0.4, 0.5) is 5.69 Å². The lowest BCUT2D eigenvalue weighted by Crippen LogP contribution is -2.20. The van der Waals surface area contributed by atoms with E-state index in [1.165, 1.54) is 7.11 Å². The molecule has 8 nitrogen and oxygen atoms in total. The Balaban J connectivity index is 1.63. The number of nitrogens with zero attached hydrogens (tertiary/aromatic N) is 3. The van der Waals surface area contributed by atoms with Crippen LogP contribution in [-0.4, -0.2) is 41.3 Å². The number of rotatable bonds is 6. The summed E-state index contributed by atoms with van der Waals surface area (Å²) in [6.07, 6.45) is 1.76. The van der Waals surface area contributed by atoms with E-state index < -0.39 is 0 Å². The summed E-state index contributed by atoms with van der Waals surface area (Å²) < 4.78 is 17.4. The van der Waals surface area contributed by atoms with Crippen LogP contribution in [-0.2, 0) is 4.79 Å². The van der Waals surface area contributed by atoms with Crippen LogP contribution < -0.4 is 19.5 Å². The lowest BCUT2D eigenvalue weighted by molar-refractivity contribution is -0.118. The number of aromatic nitrogens is 3. The average molecular weight is 328 g/mol. The first-order chi connectivity index (χ1) is 11.7. The molecule has 0 aliphatic carbocycles. The number of anilines is 1. The maximum atomic E-state index is 12.0. The summed E-state index contributed by atoms with van der Waals surface area (Å²) in [7, 11) is 3.08. The van der Waals surface area contributed by atoms with E-state index in [9.17, 15) is 4.79 Å². The summed E-state index contributed by atoms with van der Waals surface area (Å²) in [6.45, 7) is -0.190. The largest absolute Gasteiger partial charge is 0.493 e. The van der Waals surface area contributed by atoms with E-state index >= 15 is 0 Å². The molecular formula is C16H16N4O4. The molecule has 0 bridgehead atoms. The summed E-state index contributed by atoms with van der Waals surface area (Å²) in [4.78, 5) is 12.0. The van der Waals surface area contributed by atoms with Gasteiger partial charge in [0.05, 0.1) is 14.2 Å². The van der Waals surface area contributed by atoms with Gasteiger partial charge in [0.25, 0.3) is 5.91 Å². The minimum Gasteiger partial charge on any atom is -0.493 e. The SMILES string of the molecule is COc1ccc(NC(=O)COc2nnc3ccccn23)cc1OC. The highest BCUT2D eigenvalue weighted by atomic mass is 16.5. The molecule has 124 valence electrons. The number of nitrogens with one attached hydrogen (secondary N) is 1. The number of hydrogen-bond donors (Lipinski definition) is 1. The second-order valence-electron chi connectivity index (χ2n) is 4.82. The van der Waals surface area contributed by atoms with Crippen molar-refractivity contribution >= 4 is 17.2 Å². The van der Waals surface area contributed by atoms with E-state index in [0.717, 1.165) is 0 Å². The molecular weight excluding hydrogens is 312 g/mol. The van der Waals surface area contributed by atoms with Crippen molar-refractivity contribution < 1.29 is 19.0 Å². The van der Waals surface area contributed by atoms with Crippen LogP contribution in [0.15, 0.2) is 42.6 Å². The van der Waals surface area contributed by atoms with E-state index in [2.05, 4.69) is 15.5 Å². The van der Waals surface area contributed by atoms with Crippen molar-refractivity contribution in [1.82, 2.24) is 14.6 Å². The Morgan fingerprint density at radius 2 is 1.96 bits per heavy atom. The van der Waals surface area contributed by atoms with Crippen LogP contribution in [0.5, 0.6) is 17.5 Å². The van der Waals surface area contributed by atoms with Crippen LogP contribution in [0, 0.1) is 0 Å². The molecule has 2 aromatic heterocycles. The maximum absolute atomic E-state index is 12.0. The first kappa shape index (κ1) is 15.6. The third kappa shape index (κ3) is 3.22. The lowest BCUT2D eigenvalue weighted by Gasteiger charge is -2.10. The van der Waals surface area contributed by atoms with Crippen molar-refractivity contribution in [3.05, 3.63) is 42.6 Å². The third-order valence-electron chi connectivity index (χ3n) is 3.28. The van der Waals surface area contributed by atoms with Gasteiger partial charge in [0.15, 0.2) is 23.8 Å². The standard InChI is InChI=1S/C16H16N4O4/c1-22-12-7-6-11(9-13(12)23-2)17-15(21)10-24-16-19-18-14-5-3-4-8-20(14)16/h3-9H,10H2,1-2H3,(H,17,21). The van der Waals surface area contributed by atoms with Gasteiger partial charge in [0.2, 0.25) is 0 Å². The zero-order valence-corrected chi connectivity index (χ0v) is 13.2. The number of fused-ring (bicyclic) bond motifs is 1. The summed E-state index contributed by atoms with van der Waals surface area (Å²) in [5, 5.41) is 10.6. The quantitative estimate of drug-likeness (QED) is 0.742. The van der Waals surface area contributed by atoms with Crippen molar-refractivity contribution in [1.29, 1.82) is 0 Å². The molecule has 0 spiro atoms. The van der Waals surface area contributed by atoms with Gasteiger partial charge in [-0.05, 0) is 24.3 Å². The second kappa shape index (κ2) is 6.86. The summed E-state index contributed by atoms with van der Waals surface area (Å²) in [6, 6.07) is 10.8. The molecule has 24 heavy (non-hydrogen) atoms. The molecule has 3 rings (SSSR count). The summed E-state index contributed by atoms with van der Waals surface area (Å²) in [5.74, 6) is 0.788. The Morgan fingerprint density at radius 1 is 1.12 bits per heavy atom. The predicted molar refractivity (Wildman–Crippen MR) is 86.7 cm³/mol. The molecule has 0 atom stereocenters. The van der Waals surface area contributed by atoms with Gasteiger partial charge in [-0.25, -0.2) is 0 Å². The van der Waals surface area contributed by atoms with E-state index in [1.54, 1.807) is 42.0 Å². The molecule has 1 aromatic carbocycles. The topological polar surface area (TPSA) is 87.0 Å². The molecule has 8 heteroatoms. The van der Waals surface area contributed by atoms with Crippen LogP contribution >= 0.6 is 0 Å². The number of pyridine rings is 1. The number of ether oxygens (including phenoxy) is 3. The average Bonchev–Trinajstić information content (AvgIpc) is 3.03. The Bertz CT molecular complexity index is 862. The third-order valence-corrected chi connectivity index (χ3v) is 3.28. The van der Waals surface area contributed by atoms with Gasteiger partial charge in [0.1, 0.15) is 0 Å². The molecule has 0 radical (unpaired) electrons. The van der Waals surface area contributed by atoms with Gasteiger partial charge in [-0.15, -0.1) is 5.10 Å². The van der Waals surface area contributed by atoms with Gasteiger partial charge in [0, 0.05) is 18.0 Å². The zero-order chi connectivity index (χ0) is 16.9. The molecule has 0 aliphatic rings. The fraction of sp³-hybridized carbons (Fsp3) is 0.188. The van der Waals surface area contributed by atoms with Crippen molar-refractivity contribution in [2.24, 2.45) is 0 Å². The molecule has 3 aromatic rings. The molecule has 2 heterocycles. The van der Waals surface area contributed by atoms with Crippen molar-refractivity contribution in [3.63, 3.8) is 0 Å². The second-order valence-corrected chi connectivity index (χ2v) is 4.82. The van der Waals surface area contributed by atoms with Crippen LogP contribution in [0.1, 0.15) is 0 Å². The van der Waals surface area contributed by atoms with Crippen LogP contribution in [0.2, 0.25) is 0 Å². The highest BCUT2D eigenvalue weighted by Gasteiger charge is 2.10. The fourth-order valence-corrected chi connectivity index (χ4v) is 2.16. The molecule has 0 fully saturated rings. The van der Waals surface area contributed by atoms with Gasteiger partial charge in [-0.2, -0.15) is 0 Å². The van der Waals surface area contributed by atoms with Gasteiger partial charge >= 0.3 is 6.01 Å². The molecule has 0 aliphatic heterocycles. The normalized spacial score (nSPS) is 10.4. The van der Waals surface area contributed by atoms with Crippen molar-refractivity contribution in [2.45, 2.75) is 0 Å². The Morgan fingerprint density at radius 3 is 2.75 bits per heavy atom. The smallest absolute Gasteiger partial charge is 0.322 e. The molecule has 1 amide bonds. The van der Waals surface area contributed by atoms with Crippen LogP contribution in [0.3, 0.4) is 0 Å². The first-order valence-electron chi connectivity index (χ1n) is 7.15. The van der Waals surface area contributed by atoms with Gasteiger partial charge < -0.3 is 19.5 Å². The predicted octanol–water partition coefficient (Wildman–Crippen LogP) is 1.76. The molecule has 0 saturated carbocycles. The highest BCUT2D eigenvalue weighted by molar-refractivity contribution is 5.92. The number of hydrogen-bond acceptors (Lipinski definition) is 6. The minimum atomic E-state index is -0.324. The van der Waals surface area contributed by atoms with E-state index in [-0.39, 0.29) is 18.5 Å². The minimum absolute atomic E-state index is 0.190. The Kier molecular flexibility index (Phi) is 4.46. The maximum Gasteiger partial charge on any atom is 0.322 e. The number of amides is 1. The van der Waals surface area contributed by atoms with Crippen LogP contribution in [0.25, 0.3) is 5.65 Å². The first-order valence-corrected chi connectivity index (χ1v) is 7.15.